The lowest BCUT2D eigenvalue weighted by molar-refractivity contribution is -0.143. The molecule has 0 aliphatic carbocycles. The molecule has 116 valence electrons. The third-order valence-corrected chi connectivity index (χ3v) is 3.72. The van der Waals surface area contributed by atoms with Gasteiger partial charge < -0.3 is 9.84 Å². The number of likely N-dealkylation sites (tertiary alicyclic amines) is 1. The Balaban J connectivity index is 2.10. The van der Waals surface area contributed by atoms with Crippen molar-refractivity contribution in [2.45, 2.75) is 26.0 Å². The van der Waals surface area contributed by atoms with Crippen LogP contribution in [0.2, 0.25) is 5.02 Å². The molecule has 1 aromatic rings. The smallest absolute Gasteiger partial charge is 0.387 e. The number of hydrogen-bond donors (Lipinski definition) is 1. The Morgan fingerprint density at radius 3 is 2.95 bits per heavy atom. The second-order valence-corrected chi connectivity index (χ2v) is 5.48. The molecule has 1 unspecified atom stereocenters. The number of benzene rings is 1. The van der Waals surface area contributed by atoms with E-state index in [4.69, 9.17) is 16.7 Å². The van der Waals surface area contributed by atoms with E-state index in [1.165, 1.54) is 12.1 Å². The number of carboxylic acids is 1. The molecule has 1 saturated heterocycles. The molecule has 4 nitrogen and oxygen atoms in total. The minimum Gasteiger partial charge on any atom is -0.481 e. The molecule has 1 fully saturated rings. The second-order valence-electron chi connectivity index (χ2n) is 5.04. The average molecular weight is 320 g/mol. The molecule has 1 N–H and O–H groups in total. The lowest BCUT2D eigenvalue weighted by Crippen LogP contribution is -2.38. The van der Waals surface area contributed by atoms with Gasteiger partial charge in [0.25, 0.3) is 0 Å². The molecule has 1 atom stereocenters. The molecule has 2 rings (SSSR count). The van der Waals surface area contributed by atoms with Crippen LogP contribution in [0.3, 0.4) is 0 Å². The van der Waals surface area contributed by atoms with Crippen LogP contribution in [0.4, 0.5) is 8.78 Å². The number of rotatable bonds is 5. The van der Waals surface area contributed by atoms with Crippen LogP contribution in [0, 0.1) is 5.92 Å². The van der Waals surface area contributed by atoms with E-state index in [1.807, 2.05) is 4.90 Å². The third-order valence-electron chi connectivity index (χ3n) is 3.49. The minimum absolute atomic E-state index is 0.0758. The molecule has 0 radical (unpaired) electrons. The van der Waals surface area contributed by atoms with E-state index >= 15 is 0 Å². The van der Waals surface area contributed by atoms with Crippen LogP contribution < -0.4 is 4.74 Å². The lowest BCUT2D eigenvalue weighted by Gasteiger charge is -2.31. The first-order valence-electron chi connectivity index (χ1n) is 6.64. The van der Waals surface area contributed by atoms with Crippen LogP contribution in [-0.4, -0.2) is 35.7 Å². The van der Waals surface area contributed by atoms with Crippen molar-refractivity contribution in [1.82, 2.24) is 4.90 Å². The fourth-order valence-corrected chi connectivity index (χ4v) is 2.72. The fourth-order valence-electron chi connectivity index (χ4n) is 2.52. The van der Waals surface area contributed by atoms with Gasteiger partial charge >= 0.3 is 12.6 Å². The van der Waals surface area contributed by atoms with Crippen LogP contribution in [-0.2, 0) is 11.3 Å². The standard InChI is InChI=1S/C14H16ClF2NO3/c15-11-3-4-12(21-14(16)17)10(6-11)8-18-5-1-2-9(7-18)13(19)20/h3-4,6,9,14H,1-2,5,7-8H2,(H,19,20). The zero-order valence-corrected chi connectivity index (χ0v) is 12.0. The number of piperidine rings is 1. The summed E-state index contributed by atoms with van der Waals surface area (Å²) in [6.45, 7) is -1.44. The Morgan fingerprint density at radius 1 is 1.52 bits per heavy atom. The van der Waals surface area contributed by atoms with E-state index < -0.39 is 18.5 Å². The first kappa shape index (κ1) is 16.0. The predicted octanol–water partition coefficient (Wildman–Crippen LogP) is 3.24. The number of nitrogens with zero attached hydrogens (tertiary/aromatic N) is 1. The van der Waals surface area contributed by atoms with Gasteiger partial charge in [0.15, 0.2) is 0 Å². The fraction of sp³-hybridized carbons (Fsp3) is 0.500. The number of ether oxygens (including phenoxy) is 1. The van der Waals surface area contributed by atoms with Crippen LogP contribution in [0.5, 0.6) is 5.75 Å². The summed E-state index contributed by atoms with van der Waals surface area (Å²) in [6, 6.07) is 4.46. The highest BCUT2D eigenvalue weighted by Crippen LogP contribution is 2.27. The van der Waals surface area contributed by atoms with Crippen molar-refractivity contribution >= 4 is 17.6 Å². The predicted molar refractivity (Wildman–Crippen MR) is 73.7 cm³/mol. The van der Waals surface area contributed by atoms with Gasteiger partial charge in [-0.2, -0.15) is 8.78 Å². The highest BCUT2D eigenvalue weighted by molar-refractivity contribution is 6.30. The van der Waals surface area contributed by atoms with Gasteiger partial charge in [0.05, 0.1) is 5.92 Å². The van der Waals surface area contributed by atoms with Crippen molar-refractivity contribution < 1.29 is 23.4 Å². The van der Waals surface area contributed by atoms with Crippen LogP contribution in [0.15, 0.2) is 18.2 Å². The molecule has 21 heavy (non-hydrogen) atoms. The van der Waals surface area contributed by atoms with E-state index in [9.17, 15) is 13.6 Å². The Labute approximate surface area is 126 Å². The highest BCUT2D eigenvalue weighted by atomic mass is 35.5. The minimum atomic E-state index is -2.90. The van der Waals surface area contributed by atoms with Gasteiger partial charge in [0.2, 0.25) is 0 Å². The Bertz CT molecular complexity index is 513. The van der Waals surface area contributed by atoms with E-state index in [-0.39, 0.29) is 5.75 Å². The third kappa shape index (κ3) is 4.54. The number of hydrogen-bond acceptors (Lipinski definition) is 3. The van der Waals surface area contributed by atoms with E-state index in [0.717, 1.165) is 13.0 Å². The normalized spacial score (nSPS) is 19.7. The first-order chi connectivity index (χ1) is 9.95. The van der Waals surface area contributed by atoms with Gasteiger partial charge in [-0.3, -0.25) is 9.69 Å². The highest BCUT2D eigenvalue weighted by Gasteiger charge is 2.26. The summed E-state index contributed by atoms with van der Waals surface area (Å²) in [4.78, 5) is 13.0. The Hall–Kier alpha value is -1.40. The molecule has 1 aromatic carbocycles. The van der Waals surface area contributed by atoms with Gasteiger partial charge in [-0.05, 0) is 37.6 Å². The molecular weight excluding hydrogens is 304 g/mol. The molecule has 0 amide bonds. The molecule has 1 aliphatic rings. The zero-order chi connectivity index (χ0) is 15.4. The van der Waals surface area contributed by atoms with Gasteiger partial charge in [0.1, 0.15) is 5.75 Å². The molecule has 0 spiro atoms. The number of carboxylic acid groups (broad SMARTS) is 1. The summed E-state index contributed by atoms with van der Waals surface area (Å²) in [5.41, 5.74) is 0.536. The average Bonchev–Trinajstić information content (AvgIpc) is 2.42. The molecule has 1 aliphatic heterocycles. The molecule has 7 heteroatoms. The summed E-state index contributed by atoms with van der Waals surface area (Å²) in [5.74, 6) is -1.17. The SMILES string of the molecule is O=C(O)C1CCCN(Cc2cc(Cl)ccc2OC(F)F)C1. The van der Waals surface area contributed by atoms with Crippen LogP contribution in [0.1, 0.15) is 18.4 Å². The Kier molecular flexibility index (Phi) is 5.36. The topological polar surface area (TPSA) is 49.8 Å². The number of carbonyl (C=O) groups is 1. The Morgan fingerprint density at radius 2 is 2.29 bits per heavy atom. The largest absolute Gasteiger partial charge is 0.481 e. The van der Waals surface area contributed by atoms with Gasteiger partial charge in [0, 0.05) is 23.7 Å². The van der Waals surface area contributed by atoms with Crippen molar-refractivity contribution in [3.8, 4) is 5.75 Å². The maximum atomic E-state index is 12.4. The van der Waals surface area contributed by atoms with Crippen molar-refractivity contribution in [1.29, 1.82) is 0 Å². The van der Waals surface area contributed by atoms with Crippen molar-refractivity contribution in [2.24, 2.45) is 5.92 Å². The van der Waals surface area contributed by atoms with E-state index in [1.54, 1.807) is 6.07 Å². The van der Waals surface area contributed by atoms with Gasteiger partial charge in [-0.15, -0.1) is 0 Å². The quantitative estimate of drug-likeness (QED) is 0.905. The van der Waals surface area contributed by atoms with E-state index in [2.05, 4.69) is 4.74 Å². The maximum Gasteiger partial charge on any atom is 0.387 e. The van der Waals surface area contributed by atoms with E-state index in [0.29, 0.717) is 30.1 Å². The monoisotopic (exact) mass is 319 g/mol. The number of aliphatic carboxylic acids is 1. The lowest BCUT2D eigenvalue weighted by atomic mass is 9.98. The summed E-state index contributed by atoms with van der Waals surface area (Å²) in [5, 5.41) is 9.50. The summed E-state index contributed by atoms with van der Waals surface area (Å²) >= 11 is 5.89. The van der Waals surface area contributed by atoms with Crippen molar-refractivity contribution in [3.63, 3.8) is 0 Å². The zero-order valence-electron chi connectivity index (χ0n) is 11.3. The van der Waals surface area contributed by atoms with Gasteiger partial charge in [-0.1, -0.05) is 11.6 Å². The number of alkyl halides is 2. The molecule has 0 bridgehead atoms. The van der Waals surface area contributed by atoms with Crippen molar-refractivity contribution in [3.05, 3.63) is 28.8 Å². The van der Waals surface area contributed by atoms with Crippen LogP contribution >= 0.6 is 11.6 Å². The number of halogens is 3. The summed E-state index contributed by atoms with van der Waals surface area (Å²) < 4.78 is 29.3. The molecule has 0 saturated carbocycles. The summed E-state index contributed by atoms with van der Waals surface area (Å²) in [6.07, 6.45) is 1.41. The second kappa shape index (κ2) is 7.04. The molecule has 1 heterocycles. The van der Waals surface area contributed by atoms with Crippen LogP contribution in [0.25, 0.3) is 0 Å². The van der Waals surface area contributed by atoms with Crippen molar-refractivity contribution in [2.75, 3.05) is 13.1 Å². The maximum absolute atomic E-state index is 12.4. The van der Waals surface area contributed by atoms with Gasteiger partial charge in [-0.25, -0.2) is 0 Å². The molecule has 0 aromatic heterocycles. The summed E-state index contributed by atoms with van der Waals surface area (Å²) in [7, 11) is 0. The molecular formula is C14H16ClF2NO3. The first-order valence-corrected chi connectivity index (χ1v) is 7.02.